The van der Waals surface area contributed by atoms with Crippen LogP contribution in [0.2, 0.25) is 0 Å². The van der Waals surface area contributed by atoms with Crippen molar-refractivity contribution in [1.82, 2.24) is 0 Å². The van der Waals surface area contributed by atoms with Crippen LogP contribution in [0.3, 0.4) is 0 Å². The van der Waals surface area contributed by atoms with Gasteiger partial charge in [0, 0.05) is 0 Å². The van der Waals surface area contributed by atoms with E-state index in [0.717, 1.165) is 7.28 Å². The zero-order valence-electron chi connectivity index (χ0n) is 12.4. The van der Waals surface area contributed by atoms with E-state index >= 15 is 0 Å². The molecule has 0 unspecified atom stereocenters. The van der Waals surface area contributed by atoms with Crippen molar-refractivity contribution in [3.8, 4) is 0 Å². The second-order valence-corrected chi connectivity index (χ2v) is 5.83. The fourth-order valence-corrected chi connectivity index (χ4v) is 3.02. The number of benzene rings is 1. The number of hydrogen-bond donors (Lipinski definition) is 0. The lowest BCUT2D eigenvalue weighted by Crippen LogP contribution is -2.24. The lowest BCUT2D eigenvalue weighted by Gasteiger charge is -2.18. The predicted molar refractivity (Wildman–Crippen MR) is 83.1 cm³/mol. The molecule has 0 amide bonds. The van der Waals surface area contributed by atoms with E-state index in [1.165, 1.54) is 46.1 Å². The normalized spacial score (nSPS) is 15.7. The Kier molecular flexibility index (Phi) is 3.80. The van der Waals surface area contributed by atoms with E-state index in [1.54, 1.807) is 5.47 Å². The summed E-state index contributed by atoms with van der Waals surface area (Å²) < 4.78 is 0. The Morgan fingerprint density at radius 2 is 1.50 bits per heavy atom. The maximum absolute atomic E-state index is 2.36. The van der Waals surface area contributed by atoms with Gasteiger partial charge in [0.05, 0.1) is 0 Å². The molecular formula is C17H23B. The van der Waals surface area contributed by atoms with Crippen LogP contribution in [-0.4, -0.2) is 7.28 Å². The van der Waals surface area contributed by atoms with Crippen LogP contribution in [-0.2, 0) is 0 Å². The number of rotatable bonds is 2. The van der Waals surface area contributed by atoms with Gasteiger partial charge in [-0.1, -0.05) is 57.0 Å². The minimum atomic E-state index is 1.13. The molecule has 0 aromatic heterocycles. The highest BCUT2D eigenvalue weighted by Crippen LogP contribution is 2.23. The van der Waals surface area contributed by atoms with Crippen LogP contribution in [0.5, 0.6) is 0 Å². The fourth-order valence-electron chi connectivity index (χ4n) is 3.02. The molecular weight excluding hydrogens is 215 g/mol. The minimum Gasteiger partial charge on any atom is -0.0964 e. The standard InChI is InChI=1S/C17H23B/c1-11-6-7-16(13(3)8-11)18-17-14(4)9-12(2)10-15(17)5/h8-10,18H,6-7H2,1-5H3. The molecule has 0 spiro atoms. The maximum Gasteiger partial charge on any atom is 0.188 e. The average molecular weight is 238 g/mol. The highest BCUT2D eigenvalue weighted by Gasteiger charge is 2.13. The predicted octanol–water partition coefficient (Wildman–Crippen LogP) is 3.69. The Labute approximate surface area is 112 Å². The summed E-state index contributed by atoms with van der Waals surface area (Å²) >= 11 is 0. The van der Waals surface area contributed by atoms with Crippen molar-refractivity contribution in [3.05, 3.63) is 51.5 Å². The quantitative estimate of drug-likeness (QED) is 0.689. The van der Waals surface area contributed by atoms with Crippen molar-refractivity contribution in [2.24, 2.45) is 0 Å². The van der Waals surface area contributed by atoms with Crippen molar-refractivity contribution in [1.29, 1.82) is 0 Å². The van der Waals surface area contributed by atoms with E-state index in [0.29, 0.717) is 0 Å². The molecule has 0 fully saturated rings. The molecule has 0 N–H and O–H groups in total. The second-order valence-electron chi connectivity index (χ2n) is 5.83. The monoisotopic (exact) mass is 238 g/mol. The summed E-state index contributed by atoms with van der Waals surface area (Å²) in [6.45, 7) is 11.2. The summed E-state index contributed by atoms with van der Waals surface area (Å²) in [6, 6.07) is 4.62. The third-order valence-electron chi connectivity index (χ3n) is 4.07. The van der Waals surface area contributed by atoms with Gasteiger partial charge in [-0.25, -0.2) is 0 Å². The molecule has 0 bridgehead atoms. The van der Waals surface area contributed by atoms with Gasteiger partial charge in [-0.3, -0.25) is 0 Å². The van der Waals surface area contributed by atoms with E-state index in [-0.39, 0.29) is 0 Å². The van der Waals surface area contributed by atoms with Gasteiger partial charge in [-0.2, -0.15) is 0 Å². The molecule has 2 rings (SSSR count). The van der Waals surface area contributed by atoms with Gasteiger partial charge >= 0.3 is 0 Å². The first-order valence-corrected chi connectivity index (χ1v) is 6.90. The summed E-state index contributed by atoms with van der Waals surface area (Å²) in [5.74, 6) is 0. The largest absolute Gasteiger partial charge is 0.188 e. The van der Waals surface area contributed by atoms with Gasteiger partial charge in [-0.05, 0) is 47.5 Å². The molecule has 18 heavy (non-hydrogen) atoms. The molecule has 0 saturated heterocycles. The van der Waals surface area contributed by atoms with Gasteiger partial charge in [0.1, 0.15) is 0 Å². The Balaban J connectivity index is 2.33. The maximum atomic E-state index is 2.36. The van der Waals surface area contributed by atoms with Crippen molar-refractivity contribution >= 4 is 12.7 Å². The average Bonchev–Trinajstić information content (AvgIpc) is 2.25. The Bertz CT molecular complexity index is 510. The minimum absolute atomic E-state index is 1.13. The third kappa shape index (κ3) is 2.77. The molecule has 1 aromatic carbocycles. The third-order valence-corrected chi connectivity index (χ3v) is 4.07. The molecule has 0 nitrogen and oxygen atoms in total. The van der Waals surface area contributed by atoms with Gasteiger partial charge in [-0.15, -0.1) is 0 Å². The zero-order chi connectivity index (χ0) is 13.3. The van der Waals surface area contributed by atoms with Gasteiger partial charge in [0.25, 0.3) is 0 Å². The lowest BCUT2D eigenvalue weighted by atomic mass is 9.57. The summed E-state index contributed by atoms with van der Waals surface area (Å²) in [7, 11) is 1.13. The Morgan fingerprint density at radius 3 is 2.06 bits per heavy atom. The van der Waals surface area contributed by atoms with E-state index in [9.17, 15) is 0 Å². The molecule has 94 valence electrons. The van der Waals surface area contributed by atoms with Gasteiger partial charge < -0.3 is 0 Å². The molecule has 1 aliphatic rings. The molecule has 0 aliphatic heterocycles. The van der Waals surface area contributed by atoms with Crippen LogP contribution < -0.4 is 5.46 Å². The van der Waals surface area contributed by atoms with Crippen LogP contribution >= 0.6 is 0 Å². The van der Waals surface area contributed by atoms with Crippen LogP contribution in [0.15, 0.2) is 34.8 Å². The molecule has 1 heteroatoms. The molecule has 0 saturated carbocycles. The van der Waals surface area contributed by atoms with E-state index in [2.05, 4.69) is 52.8 Å². The first kappa shape index (κ1) is 13.2. The van der Waals surface area contributed by atoms with E-state index in [1.807, 2.05) is 0 Å². The van der Waals surface area contributed by atoms with Gasteiger partial charge in [0.2, 0.25) is 0 Å². The van der Waals surface area contributed by atoms with Gasteiger partial charge in [0.15, 0.2) is 7.28 Å². The van der Waals surface area contributed by atoms with Crippen LogP contribution in [0.25, 0.3) is 0 Å². The number of hydrogen-bond acceptors (Lipinski definition) is 0. The lowest BCUT2D eigenvalue weighted by molar-refractivity contribution is 0.928. The number of allylic oxidation sites excluding steroid dienone is 4. The highest BCUT2D eigenvalue weighted by molar-refractivity contribution is 6.62. The van der Waals surface area contributed by atoms with Crippen LogP contribution in [0.4, 0.5) is 0 Å². The Hall–Kier alpha value is -1.24. The van der Waals surface area contributed by atoms with E-state index in [4.69, 9.17) is 0 Å². The smallest absolute Gasteiger partial charge is 0.0964 e. The molecule has 1 aliphatic carbocycles. The number of aryl methyl sites for hydroxylation is 3. The fraction of sp³-hybridized carbons (Fsp3) is 0.412. The van der Waals surface area contributed by atoms with Crippen LogP contribution in [0, 0.1) is 20.8 Å². The molecule has 1 aromatic rings. The summed E-state index contributed by atoms with van der Waals surface area (Å²) in [5.41, 5.74) is 10.4. The Morgan fingerprint density at radius 1 is 0.889 bits per heavy atom. The summed E-state index contributed by atoms with van der Waals surface area (Å²) in [4.78, 5) is 0. The van der Waals surface area contributed by atoms with E-state index < -0.39 is 0 Å². The molecule has 0 atom stereocenters. The second kappa shape index (κ2) is 5.18. The molecule has 0 heterocycles. The summed E-state index contributed by atoms with van der Waals surface area (Å²) in [5, 5.41) is 0. The zero-order valence-corrected chi connectivity index (χ0v) is 12.4. The first-order chi connectivity index (χ1) is 8.47. The topological polar surface area (TPSA) is 0 Å². The van der Waals surface area contributed by atoms with Crippen LogP contribution in [0.1, 0.15) is 43.4 Å². The van der Waals surface area contributed by atoms with Crippen molar-refractivity contribution < 1.29 is 0 Å². The van der Waals surface area contributed by atoms with Crippen molar-refractivity contribution in [2.75, 3.05) is 0 Å². The highest BCUT2D eigenvalue weighted by atomic mass is 14.1. The first-order valence-electron chi connectivity index (χ1n) is 6.90. The molecule has 0 radical (unpaired) electrons. The van der Waals surface area contributed by atoms with Crippen molar-refractivity contribution in [2.45, 2.75) is 47.5 Å². The van der Waals surface area contributed by atoms with Crippen molar-refractivity contribution in [3.63, 3.8) is 0 Å². The SMILES string of the molecule is CC1=CC(C)=C(Bc2c(C)cc(C)cc2C)CC1. The summed E-state index contributed by atoms with van der Waals surface area (Å²) in [6.07, 6.45) is 4.83.